The van der Waals surface area contributed by atoms with Crippen LogP contribution in [0.5, 0.6) is 0 Å². The van der Waals surface area contributed by atoms with Gasteiger partial charge in [0.05, 0.1) is 12.7 Å². The van der Waals surface area contributed by atoms with Gasteiger partial charge in [0, 0.05) is 4.91 Å². The zero-order chi connectivity index (χ0) is 20.7. The lowest BCUT2D eigenvalue weighted by atomic mass is 9.80. The van der Waals surface area contributed by atoms with Crippen LogP contribution in [0.1, 0.15) is 36.0 Å². The lowest BCUT2D eigenvalue weighted by molar-refractivity contribution is -0.109. The Labute approximate surface area is 176 Å². The summed E-state index contributed by atoms with van der Waals surface area (Å²) in [6.45, 7) is 0.399. The molecule has 1 fully saturated rings. The molecule has 1 aliphatic rings. The van der Waals surface area contributed by atoms with Gasteiger partial charge in [0.1, 0.15) is 11.8 Å². The van der Waals surface area contributed by atoms with E-state index in [1.165, 1.54) is 0 Å². The van der Waals surface area contributed by atoms with Gasteiger partial charge in [-0.3, -0.25) is 0 Å². The fourth-order valence-corrected chi connectivity index (χ4v) is 4.13. The number of rotatable bonds is 7. The van der Waals surface area contributed by atoms with Gasteiger partial charge in [-0.25, -0.2) is 0 Å². The van der Waals surface area contributed by atoms with E-state index < -0.39 is 11.8 Å². The molecule has 152 valence electrons. The molecule has 0 spiro atoms. The van der Waals surface area contributed by atoms with Gasteiger partial charge in [0.25, 0.3) is 0 Å². The summed E-state index contributed by atoms with van der Waals surface area (Å²) in [6.07, 6.45) is 2.04. The Hall–Kier alpha value is -3.11. The van der Waals surface area contributed by atoms with E-state index in [1.54, 1.807) is 0 Å². The summed E-state index contributed by atoms with van der Waals surface area (Å²) in [4.78, 5) is 2.90. The molecule has 0 saturated carbocycles. The Kier molecular flexibility index (Phi) is 6.45. The molecular weight excluding hydrogens is 374 g/mol. The van der Waals surface area contributed by atoms with Crippen LogP contribution in [0.25, 0.3) is 10.4 Å². The van der Waals surface area contributed by atoms with Crippen molar-refractivity contribution in [1.82, 2.24) is 0 Å². The van der Waals surface area contributed by atoms with Crippen LogP contribution in [0.4, 0.5) is 0 Å². The normalized spacial score (nSPS) is 19.1. The van der Waals surface area contributed by atoms with Crippen molar-refractivity contribution in [2.45, 2.75) is 37.2 Å². The summed E-state index contributed by atoms with van der Waals surface area (Å²) >= 11 is 0. The molecule has 2 atom stereocenters. The van der Waals surface area contributed by atoms with Crippen LogP contribution >= 0.6 is 0 Å². The number of azide groups is 1. The Morgan fingerprint density at radius 1 is 0.833 bits per heavy atom. The first-order valence-corrected chi connectivity index (χ1v) is 10.3. The highest BCUT2D eigenvalue weighted by Gasteiger charge is 2.38. The molecule has 1 aliphatic heterocycles. The van der Waals surface area contributed by atoms with Gasteiger partial charge in [-0.2, -0.15) is 0 Å². The smallest absolute Gasteiger partial charge is 0.143 e. The monoisotopic (exact) mass is 399 g/mol. The predicted molar refractivity (Wildman–Crippen MR) is 117 cm³/mol. The highest BCUT2D eigenvalue weighted by molar-refractivity contribution is 5.47. The lowest BCUT2D eigenvalue weighted by Crippen LogP contribution is -2.38. The first kappa shape index (κ1) is 20.2. The maximum atomic E-state index is 8.76. The maximum absolute atomic E-state index is 8.76. The molecule has 4 rings (SSSR count). The summed E-state index contributed by atoms with van der Waals surface area (Å²) in [5.74, 6) is 0. The summed E-state index contributed by atoms with van der Waals surface area (Å²) in [5, 5.41) is 3.76. The van der Waals surface area contributed by atoms with Crippen molar-refractivity contribution in [3.8, 4) is 0 Å². The van der Waals surface area contributed by atoms with Crippen molar-refractivity contribution in [3.05, 3.63) is 118 Å². The van der Waals surface area contributed by atoms with Gasteiger partial charge in [-0.1, -0.05) is 96.1 Å². The van der Waals surface area contributed by atoms with Crippen LogP contribution in [0, 0.1) is 0 Å². The summed E-state index contributed by atoms with van der Waals surface area (Å²) < 4.78 is 12.8. The molecule has 0 radical (unpaired) electrons. The molecule has 5 nitrogen and oxygen atoms in total. The van der Waals surface area contributed by atoms with E-state index in [0.29, 0.717) is 6.61 Å². The molecule has 0 unspecified atom stereocenters. The first-order valence-electron chi connectivity index (χ1n) is 10.3. The number of hydrogen-bond donors (Lipinski definition) is 0. The Morgan fingerprint density at radius 3 is 1.80 bits per heavy atom. The molecular formula is C25H25N3O2. The third-order valence-corrected chi connectivity index (χ3v) is 5.53. The Morgan fingerprint density at radius 2 is 1.33 bits per heavy atom. The van der Waals surface area contributed by atoms with Crippen molar-refractivity contribution < 1.29 is 9.47 Å². The largest absolute Gasteiger partial charge is 0.367 e. The zero-order valence-corrected chi connectivity index (χ0v) is 16.8. The Balaban J connectivity index is 1.74. The molecule has 0 amide bonds. The maximum Gasteiger partial charge on any atom is 0.143 e. The van der Waals surface area contributed by atoms with Crippen molar-refractivity contribution in [2.75, 3.05) is 6.61 Å². The summed E-state index contributed by atoms with van der Waals surface area (Å²) in [6, 6.07) is 30.9. The predicted octanol–water partition coefficient (Wildman–Crippen LogP) is 6.20. The topological polar surface area (TPSA) is 67.2 Å². The van der Waals surface area contributed by atoms with Gasteiger partial charge in [0.15, 0.2) is 0 Å². The third-order valence-electron chi connectivity index (χ3n) is 5.53. The van der Waals surface area contributed by atoms with Crippen molar-refractivity contribution in [1.29, 1.82) is 0 Å². The minimum absolute atomic E-state index is 0.121. The minimum atomic E-state index is -0.765. The summed E-state index contributed by atoms with van der Waals surface area (Å²) in [5.41, 5.74) is 11.2. The van der Waals surface area contributed by atoms with Crippen LogP contribution in [-0.2, 0) is 15.1 Å². The Bertz CT molecular complexity index is 876. The van der Waals surface area contributed by atoms with Crippen molar-refractivity contribution in [3.63, 3.8) is 0 Å². The van der Waals surface area contributed by atoms with Crippen LogP contribution < -0.4 is 0 Å². The molecule has 5 heteroatoms. The van der Waals surface area contributed by atoms with Gasteiger partial charge in [-0.15, -0.1) is 0 Å². The van der Waals surface area contributed by atoms with Crippen molar-refractivity contribution >= 4 is 0 Å². The van der Waals surface area contributed by atoms with Gasteiger partial charge >= 0.3 is 0 Å². The molecule has 0 aliphatic carbocycles. The highest BCUT2D eigenvalue weighted by atomic mass is 16.6. The molecule has 0 aromatic heterocycles. The number of nitrogens with zero attached hydrogens (tertiary/aromatic N) is 3. The molecule has 3 aromatic carbocycles. The van der Waals surface area contributed by atoms with Crippen molar-refractivity contribution in [2.24, 2.45) is 5.11 Å². The van der Waals surface area contributed by atoms with Crippen LogP contribution in [0.2, 0.25) is 0 Å². The van der Waals surface area contributed by atoms with E-state index in [9.17, 15) is 0 Å². The first-order chi connectivity index (χ1) is 14.8. The summed E-state index contributed by atoms with van der Waals surface area (Å²) in [7, 11) is 0. The second kappa shape index (κ2) is 9.59. The second-order valence-corrected chi connectivity index (χ2v) is 7.44. The van der Waals surface area contributed by atoms with E-state index in [-0.39, 0.29) is 6.10 Å². The quantitative estimate of drug-likeness (QED) is 0.205. The number of ether oxygens (including phenoxy) is 2. The highest BCUT2D eigenvalue weighted by Crippen LogP contribution is 2.41. The molecule has 0 N–H and O–H groups in total. The van der Waals surface area contributed by atoms with E-state index in [0.717, 1.165) is 36.0 Å². The van der Waals surface area contributed by atoms with E-state index >= 15 is 0 Å². The molecule has 1 saturated heterocycles. The lowest BCUT2D eigenvalue weighted by Gasteiger charge is -2.38. The van der Waals surface area contributed by atoms with Gasteiger partial charge in [0.2, 0.25) is 0 Å². The molecule has 0 bridgehead atoms. The van der Waals surface area contributed by atoms with E-state index in [1.807, 2.05) is 54.6 Å². The standard InChI is InChI=1S/C25H25N3O2/c26-28-27-24-18-10-17-23(30-24)19-29-25(20-11-4-1-5-12-20,21-13-6-2-7-14-21)22-15-8-3-9-16-22/h1-9,11-16,23-24H,10,17-19H2/t23-,24-/m0/s1. The average molecular weight is 399 g/mol. The molecule has 3 aromatic rings. The minimum Gasteiger partial charge on any atom is -0.367 e. The fourth-order valence-electron chi connectivity index (χ4n) is 4.13. The zero-order valence-electron chi connectivity index (χ0n) is 16.8. The van der Waals surface area contributed by atoms with Crippen LogP contribution in [-0.4, -0.2) is 18.9 Å². The van der Waals surface area contributed by atoms with Gasteiger partial charge in [-0.05, 0) is 41.5 Å². The number of benzene rings is 3. The van der Waals surface area contributed by atoms with Crippen LogP contribution in [0.15, 0.2) is 96.1 Å². The van der Waals surface area contributed by atoms with Crippen LogP contribution in [0.3, 0.4) is 0 Å². The molecule has 30 heavy (non-hydrogen) atoms. The fraction of sp³-hybridized carbons (Fsp3) is 0.280. The third kappa shape index (κ3) is 4.24. The SMILES string of the molecule is [N-]=[N+]=N[C@@H]1CCC[C@@H](COC(c2ccccc2)(c2ccccc2)c2ccccc2)O1. The van der Waals surface area contributed by atoms with E-state index in [2.05, 4.69) is 46.4 Å². The second-order valence-electron chi connectivity index (χ2n) is 7.44. The van der Waals surface area contributed by atoms with E-state index in [4.69, 9.17) is 15.0 Å². The van der Waals surface area contributed by atoms with Gasteiger partial charge < -0.3 is 9.47 Å². The molecule has 1 heterocycles. The number of hydrogen-bond acceptors (Lipinski definition) is 3. The average Bonchev–Trinajstić information content (AvgIpc) is 2.82.